The number of carbonyl (C=O) groups is 2. The third kappa shape index (κ3) is 2.65. The zero-order valence-corrected chi connectivity index (χ0v) is 11.0. The lowest BCUT2D eigenvalue weighted by atomic mass is 9.93. The van der Waals surface area contributed by atoms with Gasteiger partial charge < -0.3 is 15.1 Å². The monoisotopic (exact) mass is 281 g/mol. The number of amides is 1. The predicted octanol–water partition coefficient (Wildman–Crippen LogP) is 1.04. The van der Waals surface area contributed by atoms with Gasteiger partial charge in [-0.1, -0.05) is 6.07 Å². The van der Waals surface area contributed by atoms with E-state index in [1.807, 2.05) is 0 Å². The fraction of sp³-hybridized carbons (Fsp3) is 0.429. The van der Waals surface area contributed by atoms with Crippen LogP contribution in [0.3, 0.4) is 0 Å². The molecule has 0 spiro atoms. The van der Waals surface area contributed by atoms with Gasteiger partial charge in [-0.05, 0) is 31.0 Å². The van der Waals surface area contributed by atoms with E-state index < -0.39 is 23.8 Å². The molecule has 0 aliphatic carbocycles. The number of halogens is 1. The second-order valence-electron chi connectivity index (χ2n) is 4.96. The van der Waals surface area contributed by atoms with E-state index in [9.17, 15) is 19.1 Å². The molecule has 0 saturated carbocycles. The first-order valence-electron chi connectivity index (χ1n) is 6.37. The number of benzene rings is 1. The van der Waals surface area contributed by atoms with Crippen molar-refractivity contribution < 1.29 is 24.2 Å². The summed E-state index contributed by atoms with van der Waals surface area (Å²) in [5.41, 5.74) is 0.498. The number of carbonyl (C=O) groups excluding carboxylic acids is 1. The molecule has 0 unspecified atom stereocenters. The summed E-state index contributed by atoms with van der Waals surface area (Å²) in [6.45, 7) is 1.71. The maximum atomic E-state index is 13.5. The van der Waals surface area contributed by atoms with Crippen molar-refractivity contribution in [3.63, 3.8) is 0 Å². The molecule has 1 aliphatic rings. The molecular formula is C14H16FNO4. The highest BCUT2D eigenvalue weighted by Crippen LogP contribution is 2.21. The molecule has 1 aromatic carbocycles. The van der Waals surface area contributed by atoms with Crippen LogP contribution in [-0.4, -0.2) is 46.2 Å². The summed E-state index contributed by atoms with van der Waals surface area (Å²) >= 11 is 0. The zero-order chi connectivity index (χ0) is 14.9. The fourth-order valence-electron chi connectivity index (χ4n) is 2.41. The van der Waals surface area contributed by atoms with Crippen molar-refractivity contribution in [1.29, 1.82) is 0 Å². The maximum absolute atomic E-state index is 13.5. The first kappa shape index (κ1) is 14.5. The van der Waals surface area contributed by atoms with Crippen LogP contribution in [0.25, 0.3) is 0 Å². The largest absolute Gasteiger partial charge is 0.481 e. The number of aliphatic hydroxyl groups is 1. The average molecular weight is 281 g/mol. The molecule has 2 rings (SSSR count). The lowest BCUT2D eigenvalue weighted by molar-refractivity contribution is -0.148. The Morgan fingerprint density at radius 3 is 2.70 bits per heavy atom. The van der Waals surface area contributed by atoms with Gasteiger partial charge in [-0.3, -0.25) is 9.59 Å². The van der Waals surface area contributed by atoms with E-state index in [0.29, 0.717) is 0 Å². The summed E-state index contributed by atoms with van der Waals surface area (Å²) in [5, 5.41) is 18.7. The minimum Gasteiger partial charge on any atom is -0.481 e. The number of carboxylic acid groups (broad SMARTS) is 1. The summed E-state index contributed by atoms with van der Waals surface area (Å²) in [6.07, 6.45) is -0.907. The Bertz CT molecular complexity index is 546. The van der Waals surface area contributed by atoms with Gasteiger partial charge in [0.2, 0.25) is 0 Å². The topological polar surface area (TPSA) is 77.8 Å². The molecule has 108 valence electrons. The number of likely N-dealkylation sites (tertiary alicyclic amines) is 1. The Morgan fingerprint density at radius 1 is 1.40 bits per heavy atom. The Hall–Kier alpha value is -1.95. The van der Waals surface area contributed by atoms with E-state index in [-0.39, 0.29) is 36.5 Å². The molecule has 5 nitrogen and oxygen atoms in total. The van der Waals surface area contributed by atoms with Crippen LogP contribution in [0.4, 0.5) is 4.39 Å². The van der Waals surface area contributed by atoms with Gasteiger partial charge in [0.25, 0.3) is 5.91 Å². The summed E-state index contributed by atoms with van der Waals surface area (Å²) < 4.78 is 13.5. The van der Waals surface area contributed by atoms with Crippen LogP contribution in [-0.2, 0) is 4.79 Å². The molecule has 0 radical (unpaired) electrons. The molecule has 20 heavy (non-hydrogen) atoms. The lowest BCUT2D eigenvalue weighted by Gasteiger charge is -2.34. The first-order chi connectivity index (χ1) is 9.41. The van der Waals surface area contributed by atoms with E-state index >= 15 is 0 Å². The molecule has 2 N–H and O–H groups in total. The smallest absolute Gasteiger partial charge is 0.309 e. The molecule has 2 atom stereocenters. The van der Waals surface area contributed by atoms with Crippen molar-refractivity contribution >= 4 is 11.9 Å². The van der Waals surface area contributed by atoms with Crippen LogP contribution in [0.15, 0.2) is 18.2 Å². The van der Waals surface area contributed by atoms with Gasteiger partial charge in [0.1, 0.15) is 5.82 Å². The minimum absolute atomic E-state index is 0.0498. The second kappa shape index (κ2) is 5.58. The molecule has 6 heteroatoms. The average Bonchev–Trinajstić information content (AvgIpc) is 2.40. The van der Waals surface area contributed by atoms with Gasteiger partial charge in [0, 0.05) is 18.7 Å². The van der Waals surface area contributed by atoms with Gasteiger partial charge >= 0.3 is 5.97 Å². The van der Waals surface area contributed by atoms with Gasteiger partial charge in [-0.2, -0.15) is 0 Å². The summed E-state index contributed by atoms with van der Waals surface area (Å²) in [4.78, 5) is 24.6. The van der Waals surface area contributed by atoms with Crippen molar-refractivity contribution in [3.05, 3.63) is 35.1 Å². The molecular weight excluding hydrogens is 265 g/mol. The second-order valence-corrected chi connectivity index (χ2v) is 4.96. The van der Waals surface area contributed by atoms with Crippen molar-refractivity contribution in [2.24, 2.45) is 5.92 Å². The molecule has 1 aromatic rings. The zero-order valence-electron chi connectivity index (χ0n) is 11.0. The fourth-order valence-corrected chi connectivity index (χ4v) is 2.41. The van der Waals surface area contributed by atoms with E-state index in [1.54, 1.807) is 0 Å². The van der Waals surface area contributed by atoms with E-state index in [2.05, 4.69) is 0 Å². The van der Waals surface area contributed by atoms with Crippen LogP contribution in [0.2, 0.25) is 0 Å². The first-order valence-corrected chi connectivity index (χ1v) is 6.37. The molecule has 1 heterocycles. The molecule has 1 saturated heterocycles. The van der Waals surface area contributed by atoms with Gasteiger partial charge in [0.15, 0.2) is 0 Å². The maximum Gasteiger partial charge on any atom is 0.309 e. The SMILES string of the molecule is Cc1c(F)cccc1C(=O)N1CC[C@H](C(=O)O)[C@H](O)C1. The highest BCUT2D eigenvalue weighted by atomic mass is 19.1. The Morgan fingerprint density at radius 2 is 2.10 bits per heavy atom. The normalized spacial score (nSPS) is 22.6. The van der Waals surface area contributed by atoms with E-state index in [0.717, 1.165) is 0 Å². The van der Waals surface area contributed by atoms with Gasteiger partial charge in [0.05, 0.1) is 12.0 Å². The van der Waals surface area contributed by atoms with Crippen LogP contribution in [0, 0.1) is 18.7 Å². The third-order valence-corrected chi connectivity index (χ3v) is 3.68. The van der Waals surface area contributed by atoms with Gasteiger partial charge in [-0.25, -0.2) is 4.39 Å². The minimum atomic E-state index is -1.10. The summed E-state index contributed by atoms with van der Waals surface area (Å²) in [7, 11) is 0. The quantitative estimate of drug-likeness (QED) is 0.849. The number of hydrogen-bond acceptors (Lipinski definition) is 3. The van der Waals surface area contributed by atoms with Crippen LogP contribution in [0.5, 0.6) is 0 Å². The number of nitrogens with zero attached hydrogens (tertiary/aromatic N) is 1. The number of hydrogen-bond donors (Lipinski definition) is 2. The molecule has 0 aromatic heterocycles. The third-order valence-electron chi connectivity index (χ3n) is 3.68. The van der Waals surface area contributed by atoms with Crippen molar-refractivity contribution in [2.45, 2.75) is 19.4 Å². The number of rotatable bonds is 2. The summed E-state index contributed by atoms with van der Waals surface area (Å²) in [5.74, 6) is -2.76. The summed E-state index contributed by atoms with van der Waals surface area (Å²) in [6, 6.07) is 4.25. The van der Waals surface area contributed by atoms with Crippen LogP contribution < -0.4 is 0 Å². The Kier molecular flexibility index (Phi) is 4.04. The highest BCUT2D eigenvalue weighted by molar-refractivity contribution is 5.95. The van der Waals surface area contributed by atoms with Gasteiger partial charge in [-0.15, -0.1) is 0 Å². The Labute approximate surface area is 115 Å². The molecule has 0 bridgehead atoms. The van der Waals surface area contributed by atoms with Crippen LogP contribution >= 0.6 is 0 Å². The van der Waals surface area contributed by atoms with Crippen molar-refractivity contribution in [1.82, 2.24) is 4.90 Å². The predicted molar refractivity (Wildman–Crippen MR) is 68.8 cm³/mol. The molecule has 1 fully saturated rings. The lowest BCUT2D eigenvalue weighted by Crippen LogP contribution is -2.48. The van der Waals surface area contributed by atoms with Crippen molar-refractivity contribution in [2.75, 3.05) is 13.1 Å². The molecule has 1 amide bonds. The van der Waals surface area contributed by atoms with Crippen molar-refractivity contribution in [3.8, 4) is 0 Å². The number of carboxylic acids is 1. The van der Waals surface area contributed by atoms with Crippen LogP contribution in [0.1, 0.15) is 22.3 Å². The number of piperidine rings is 1. The van der Waals surface area contributed by atoms with E-state index in [4.69, 9.17) is 5.11 Å². The number of aliphatic hydroxyl groups excluding tert-OH is 1. The van der Waals surface area contributed by atoms with E-state index in [1.165, 1.54) is 30.0 Å². The number of β-amino-alcohol motifs (C(OH)–C–C–N with tert-alkyl or cyclic N) is 1. The Balaban J connectivity index is 2.15. The number of aliphatic carboxylic acids is 1. The highest BCUT2D eigenvalue weighted by Gasteiger charge is 2.35. The standard InChI is InChI=1S/C14H16FNO4/c1-8-9(3-2-4-11(8)15)13(18)16-6-5-10(14(19)20)12(17)7-16/h2-4,10,12,17H,5-7H2,1H3,(H,19,20)/t10-,12+/m0/s1. The molecule has 1 aliphatic heterocycles.